The van der Waals surface area contributed by atoms with Crippen LogP contribution in [-0.2, 0) is 4.79 Å². The van der Waals surface area contributed by atoms with Gasteiger partial charge in [0, 0.05) is 5.69 Å². The second-order valence-corrected chi connectivity index (χ2v) is 5.42. The number of hydrogen-bond acceptors (Lipinski definition) is 2. The molecule has 4 nitrogen and oxygen atoms in total. The van der Waals surface area contributed by atoms with Crippen molar-refractivity contribution in [2.75, 3.05) is 31.1 Å². The monoisotopic (exact) mass is 248 g/mol. The molecule has 2 rings (SSSR count). The van der Waals surface area contributed by atoms with Crippen molar-refractivity contribution in [1.82, 2.24) is 0 Å². The summed E-state index contributed by atoms with van der Waals surface area (Å²) in [4.78, 5) is 15.1. The van der Waals surface area contributed by atoms with Gasteiger partial charge in [-0.15, -0.1) is 0 Å². The molecule has 1 aromatic carbocycles. The zero-order valence-corrected chi connectivity index (χ0v) is 11.1. The third-order valence-corrected chi connectivity index (χ3v) is 3.99. The van der Waals surface area contributed by atoms with Crippen LogP contribution >= 0.6 is 0 Å². The number of piperazine rings is 1. The Morgan fingerprint density at radius 2 is 1.78 bits per heavy atom. The first-order valence-electron chi connectivity index (χ1n) is 6.47. The maximum atomic E-state index is 11.5. The Morgan fingerprint density at radius 3 is 2.28 bits per heavy atom. The Kier molecular flexibility index (Phi) is 3.57. The number of primary amides is 1. The molecule has 1 aliphatic rings. The fraction of sp³-hybridized carbons (Fsp3) is 0.500. The van der Waals surface area contributed by atoms with E-state index in [1.165, 1.54) is 10.6 Å². The molecular formula is C14H22N3O+. The van der Waals surface area contributed by atoms with Gasteiger partial charge in [0.15, 0.2) is 5.54 Å². The maximum absolute atomic E-state index is 11.5. The van der Waals surface area contributed by atoms with Crippen molar-refractivity contribution < 1.29 is 9.69 Å². The molecule has 0 unspecified atom stereocenters. The number of nitrogens with one attached hydrogen (secondary N) is 1. The largest absolute Gasteiger partial charge is 0.364 e. The second kappa shape index (κ2) is 4.98. The summed E-state index contributed by atoms with van der Waals surface area (Å²) in [6, 6.07) is 10.4. The summed E-state index contributed by atoms with van der Waals surface area (Å²) < 4.78 is 0. The Labute approximate surface area is 108 Å². The van der Waals surface area contributed by atoms with Crippen LogP contribution in [0.15, 0.2) is 30.3 Å². The van der Waals surface area contributed by atoms with Crippen molar-refractivity contribution in [2.45, 2.75) is 19.4 Å². The van der Waals surface area contributed by atoms with E-state index in [4.69, 9.17) is 5.73 Å². The molecule has 1 amide bonds. The average Bonchev–Trinajstić information content (AvgIpc) is 2.40. The summed E-state index contributed by atoms with van der Waals surface area (Å²) in [5.74, 6) is -0.217. The number of nitrogens with zero attached hydrogens (tertiary/aromatic N) is 1. The number of rotatable bonds is 3. The molecule has 0 aliphatic carbocycles. The molecule has 1 aliphatic heterocycles. The molecule has 3 N–H and O–H groups in total. The molecular weight excluding hydrogens is 226 g/mol. The van der Waals surface area contributed by atoms with Gasteiger partial charge in [-0.25, -0.2) is 0 Å². The van der Waals surface area contributed by atoms with Gasteiger partial charge < -0.3 is 15.5 Å². The first-order chi connectivity index (χ1) is 8.51. The van der Waals surface area contributed by atoms with Gasteiger partial charge in [-0.2, -0.15) is 0 Å². The van der Waals surface area contributed by atoms with Crippen molar-refractivity contribution in [3.05, 3.63) is 30.3 Å². The van der Waals surface area contributed by atoms with Crippen LogP contribution in [0.3, 0.4) is 0 Å². The van der Waals surface area contributed by atoms with Gasteiger partial charge in [0.1, 0.15) is 0 Å². The molecule has 0 atom stereocenters. The van der Waals surface area contributed by atoms with E-state index < -0.39 is 5.54 Å². The van der Waals surface area contributed by atoms with Crippen LogP contribution in [0, 0.1) is 0 Å². The number of benzene rings is 1. The normalized spacial score (nSPS) is 17.8. The molecule has 4 heteroatoms. The molecule has 0 bridgehead atoms. The highest BCUT2D eigenvalue weighted by Gasteiger charge is 2.38. The summed E-state index contributed by atoms with van der Waals surface area (Å²) in [7, 11) is 0. The number of anilines is 1. The van der Waals surface area contributed by atoms with E-state index in [2.05, 4.69) is 29.2 Å². The zero-order valence-electron chi connectivity index (χ0n) is 11.1. The number of para-hydroxylation sites is 1. The summed E-state index contributed by atoms with van der Waals surface area (Å²) in [5.41, 5.74) is 6.26. The molecule has 98 valence electrons. The Bertz CT molecular complexity index is 408. The molecule has 0 saturated carbocycles. The summed E-state index contributed by atoms with van der Waals surface area (Å²) in [6.07, 6.45) is 0. The van der Waals surface area contributed by atoms with Crippen LogP contribution in [0.1, 0.15) is 13.8 Å². The zero-order chi connectivity index (χ0) is 13.2. The van der Waals surface area contributed by atoms with Gasteiger partial charge in [-0.1, -0.05) is 18.2 Å². The Morgan fingerprint density at radius 1 is 1.22 bits per heavy atom. The minimum Gasteiger partial charge on any atom is -0.364 e. The second-order valence-electron chi connectivity index (χ2n) is 5.42. The highest BCUT2D eigenvalue weighted by atomic mass is 16.1. The molecule has 1 saturated heterocycles. The van der Waals surface area contributed by atoms with Crippen molar-refractivity contribution in [1.29, 1.82) is 0 Å². The van der Waals surface area contributed by atoms with Gasteiger partial charge in [0.2, 0.25) is 0 Å². The third kappa shape index (κ3) is 2.48. The van der Waals surface area contributed by atoms with E-state index >= 15 is 0 Å². The van der Waals surface area contributed by atoms with Crippen molar-refractivity contribution in [3.63, 3.8) is 0 Å². The minimum atomic E-state index is -0.469. The average molecular weight is 248 g/mol. The number of hydrogen-bond donors (Lipinski definition) is 2. The lowest BCUT2D eigenvalue weighted by Crippen LogP contribution is -3.23. The van der Waals surface area contributed by atoms with Gasteiger partial charge in [-0.3, -0.25) is 4.79 Å². The lowest BCUT2D eigenvalue weighted by Gasteiger charge is -2.40. The first kappa shape index (κ1) is 12.9. The van der Waals surface area contributed by atoms with E-state index in [0.29, 0.717) is 0 Å². The van der Waals surface area contributed by atoms with Gasteiger partial charge in [-0.05, 0) is 26.0 Å². The Balaban J connectivity index is 1.99. The topological polar surface area (TPSA) is 50.8 Å². The number of quaternary nitrogens is 1. The summed E-state index contributed by atoms with van der Waals surface area (Å²) in [6.45, 7) is 7.70. The maximum Gasteiger partial charge on any atom is 0.278 e. The predicted molar refractivity (Wildman–Crippen MR) is 72.6 cm³/mol. The third-order valence-electron chi connectivity index (χ3n) is 3.99. The van der Waals surface area contributed by atoms with Crippen LogP contribution in [0.5, 0.6) is 0 Å². The first-order valence-corrected chi connectivity index (χ1v) is 6.47. The highest BCUT2D eigenvalue weighted by molar-refractivity contribution is 5.81. The number of carbonyl (C=O) groups is 1. The fourth-order valence-electron chi connectivity index (χ4n) is 2.47. The molecule has 0 radical (unpaired) electrons. The van der Waals surface area contributed by atoms with Crippen LogP contribution in [0.25, 0.3) is 0 Å². The van der Waals surface area contributed by atoms with Gasteiger partial charge >= 0.3 is 0 Å². The fourth-order valence-corrected chi connectivity index (χ4v) is 2.47. The number of amides is 1. The van der Waals surface area contributed by atoms with Gasteiger partial charge in [0.25, 0.3) is 5.91 Å². The SMILES string of the molecule is CC(C)(C(N)=O)[NH+]1CCN(c2ccccc2)CC1. The lowest BCUT2D eigenvalue weighted by atomic mass is 10.0. The molecule has 0 aromatic heterocycles. The molecule has 1 fully saturated rings. The number of carbonyl (C=O) groups excluding carboxylic acids is 1. The highest BCUT2D eigenvalue weighted by Crippen LogP contribution is 2.12. The predicted octanol–water partition coefficient (Wildman–Crippen LogP) is -0.345. The lowest BCUT2D eigenvalue weighted by molar-refractivity contribution is -0.938. The van der Waals surface area contributed by atoms with Crippen LogP contribution in [0.4, 0.5) is 5.69 Å². The van der Waals surface area contributed by atoms with E-state index in [1.54, 1.807) is 0 Å². The smallest absolute Gasteiger partial charge is 0.278 e. The van der Waals surface area contributed by atoms with Gasteiger partial charge in [0.05, 0.1) is 26.2 Å². The minimum absolute atomic E-state index is 0.217. The molecule has 1 heterocycles. The van der Waals surface area contributed by atoms with E-state index in [9.17, 15) is 4.79 Å². The van der Waals surface area contributed by atoms with Crippen molar-refractivity contribution >= 4 is 11.6 Å². The van der Waals surface area contributed by atoms with Crippen LogP contribution in [0.2, 0.25) is 0 Å². The van der Waals surface area contributed by atoms with E-state index in [0.717, 1.165) is 26.2 Å². The summed E-state index contributed by atoms with van der Waals surface area (Å²) >= 11 is 0. The number of nitrogens with two attached hydrogens (primary N) is 1. The molecule has 1 aromatic rings. The van der Waals surface area contributed by atoms with E-state index in [-0.39, 0.29) is 5.91 Å². The Hall–Kier alpha value is -1.55. The van der Waals surface area contributed by atoms with Crippen molar-refractivity contribution in [2.24, 2.45) is 5.73 Å². The quantitative estimate of drug-likeness (QED) is 0.768. The molecule has 18 heavy (non-hydrogen) atoms. The standard InChI is InChI=1S/C14H21N3O/c1-14(2,13(15)18)17-10-8-16(9-11-17)12-6-4-3-5-7-12/h3-7H,8-11H2,1-2H3,(H2,15,18)/p+1. The summed E-state index contributed by atoms with van der Waals surface area (Å²) in [5, 5.41) is 0. The molecule has 0 spiro atoms. The van der Waals surface area contributed by atoms with E-state index in [1.807, 2.05) is 19.9 Å². The van der Waals surface area contributed by atoms with Crippen molar-refractivity contribution in [3.8, 4) is 0 Å². The van der Waals surface area contributed by atoms with Crippen LogP contribution in [-0.4, -0.2) is 37.6 Å². The van der Waals surface area contributed by atoms with Crippen LogP contribution < -0.4 is 15.5 Å².